The number of carbonyl (C=O) groups excluding carboxylic acids is 2. The Labute approximate surface area is 143 Å². The lowest BCUT2D eigenvalue weighted by Crippen LogP contribution is -2.61. The van der Waals surface area contributed by atoms with Crippen molar-refractivity contribution < 1.29 is 14.3 Å². The second-order valence-electron chi connectivity index (χ2n) is 7.01. The number of amides is 2. The summed E-state index contributed by atoms with van der Waals surface area (Å²) in [5.41, 5.74) is 0.00878. The van der Waals surface area contributed by atoms with Crippen molar-refractivity contribution in [3.05, 3.63) is 30.3 Å². The molecule has 5 nitrogen and oxygen atoms in total. The van der Waals surface area contributed by atoms with Crippen LogP contribution in [0, 0.1) is 5.92 Å². The minimum absolute atomic E-state index is 0.00699. The largest absolute Gasteiger partial charge is 0.361 e. The molecule has 1 aromatic carbocycles. The summed E-state index contributed by atoms with van der Waals surface area (Å²) >= 11 is 0. The summed E-state index contributed by atoms with van der Waals surface area (Å²) in [6.07, 6.45) is 2.56. The van der Waals surface area contributed by atoms with Gasteiger partial charge in [0.15, 0.2) is 5.60 Å². The van der Waals surface area contributed by atoms with Crippen molar-refractivity contribution in [3.63, 3.8) is 0 Å². The Bertz CT molecular complexity index is 602. The topological polar surface area (TPSA) is 49.9 Å². The van der Waals surface area contributed by atoms with Gasteiger partial charge in [-0.2, -0.15) is 0 Å². The van der Waals surface area contributed by atoms with Gasteiger partial charge in [-0.15, -0.1) is 0 Å². The normalized spacial score (nSPS) is 25.2. The fourth-order valence-electron chi connectivity index (χ4n) is 3.61. The Morgan fingerprint density at radius 3 is 2.62 bits per heavy atom. The molecule has 1 atom stereocenters. The number of rotatable bonds is 2. The molecule has 0 saturated carbocycles. The van der Waals surface area contributed by atoms with E-state index in [1.54, 1.807) is 4.90 Å². The number of benzene rings is 1. The second-order valence-corrected chi connectivity index (χ2v) is 7.01. The van der Waals surface area contributed by atoms with E-state index in [4.69, 9.17) is 4.74 Å². The standard InChI is InChI=1S/C19H26N2O3/c1-15(2)17(22)20-12-13-24-19(14-20)10-6-7-11-21(18(19)23)16-8-4-3-5-9-16/h3-5,8-9,15H,6-7,10-14H2,1-2H3. The fraction of sp³-hybridized carbons (Fsp3) is 0.579. The van der Waals surface area contributed by atoms with Gasteiger partial charge in [0.25, 0.3) is 5.91 Å². The molecule has 1 spiro atoms. The summed E-state index contributed by atoms with van der Waals surface area (Å²) in [5, 5.41) is 0. The van der Waals surface area contributed by atoms with Gasteiger partial charge in [0.2, 0.25) is 5.91 Å². The number of hydrogen-bond acceptors (Lipinski definition) is 3. The number of para-hydroxylation sites is 1. The first-order valence-electron chi connectivity index (χ1n) is 8.83. The quantitative estimate of drug-likeness (QED) is 0.837. The molecule has 0 aliphatic carbocycles. The van der Waals surface area contributed by atoms with E-state index in [1.165, 1.54) is 0 Å². The van der Waals surface area contributed by atoms with Gasteiger partial charge in [0.05, 0.1) is 13.2 Å². The van der Waals surface area contributed by atoms with Crippen LogP contribution in [0.5, 0.6) is 0 Å². The smallest absolute Gasteiger partial charge is 0.261 e. The van der Waals surface area contributed by atoms with Crippen LogP contribution in [0.3, 0.4) is 0 Å². The molecule has 0 bridgehead atoms. The Morgan fingerprint density at radius 1 is 1.17 bits per heavy atom. The molecule has 5 heteroatoms. The maximum atomic E-state index is 13.3. The zero-order valence-corrected chi connectivity index (χ0v) is 14.5. The molecule has 130 valence electrons. The van der Waals surface area contributed by atoms with E-state index in [0.717, 1.165) is 18.5 Å². The number of nitrogens with zero attached hydrogens (tertiary/aromatic N) is 2. The summed E-state index contributed by atoms with van der Waals surface area (Å²) in [6, 6.07) is 9.74. The first kappa shape index (κ1) is 17.0. The van der Waals surface area contributed by atoms with Gasteiger partial charge in [-0.3, -0.25) is 9.59 Å². The average molecular weight is 330 g/mol. The van der Waals surface area contributed by atoms with E-state index in [0.29, 0.717) is 32.7 Å². The van der Waals surface area contributed by atoms with Gasteiger partial charge >= 0.3 is 0 Å². The summed E-state index contributed by atoms with van der Waals surface area (Å²) in [4.78, 5) is 29.4. The molecule has 24 heavy (non-hydrogen) atoms. The highest BCUT2D eigenvalue weighted by Gasteiger charge is 2.48. The number of anilines is 1. The van der Waals surface area contributed by atoms with Crippen LogP contribution in [-0.2, 0) is 14.3 Å². The molecular weight excluding hydrogens is 304 g/mol. The van der Waals surface area contributed by atoms with Crippen LogP contribution in [0.4, 0.5) is 5.69 Å². The molecule has 0 aromatic heterocycles. The Morgan fingerprint density at radius 2 is 1.92 bits per heavy atom. The number of carbonyl (C=O) groups is 2. The predicted octanol–water partition coefficient (Wildman–Crippen LogP) is 2.46. The molecule has 1 aromatic rings. The lowest BCUT2D eigenvalue weighted by atomic mass is 9.93. The lowest BCUT2D eigenvalue weighted by Gasteiger charge is -2.43. The van der Waals surface area contributed by atoms with E-state index in [1.807, 2.05) is 49.1 Å². The van der Waals surface area contributed by atoms with E-state index < -0.39 is 5.60 Å². The van der Waals surface area contributed by atoms with Gasteiger partial charge < -0.3 is 14.5 Å². The predicted molar refractivity (Wildman–Crippen MR) is 92.7 cm³/mol. The summed E-state index contributed by atoms with van der Waals surface area (Å²) in [7, 11) is 0. The first-order chi connectivity index (χ1) is 11.5. The van der Waals surface area contributed by atoms with Crippen LogP contribution < -0.4 is 4.90 Å². The fourth-order valence-corrected chi connectivity index (χ4v) is 3.61. The van der Waals surface area contributed by atoms with Crippen molar-refractivity contribution in [3.8, 4) is 0 Å². The van der Waals surface area contributed by atoms with Crippen LogP contribution in [0.25, 0.3) is 0 Å². The van der Waals surface area contributed by atoms with Crippen molar-refractivity contribution in [2.75, 3.05) is 31.1 Å². The number of morpholine rings is 1. The van der Waals surface area contributed by atoms with Crippen LogP contribution in [0.15, 0.2) is 30.3 Å². The molecule has 2 heterocycles. The highest BCUT2D eigenvalue weighted by atomic mass is 16.5. The van der Waals surface area contributed by atoms with E-state index in [-0.39, 0.29) is 17.7 Å². The van der Waals surface area contributed by atoms with Crippen molar-refractivity contribution in [2.24, 2.45) is 5.92 Å². The SMILES string of the molecule is CC(C)C(=O)N1CCOC2(CCCCN(c3ccccc3)C2=O)C1. The van der Waals surface area contributed by atoms with Crippen molar-refractivity contribution in [1.82, 2.24) is 4.90 Å². The van der Waals surface area contributed by atoms with E-state index in [9.17, 15) is 9.59 Å². The zero-order valence-electron chi connectivity index (χ0n) is 14.5. The highest BCUT2D eigenvalue weighted by Crippen LogP contribution is 2.32. The zero-order chi connectivity index (χ0) is 17.2. The molecular formula is C19H26N2O3. The molecule has 0 radical (unpaired) electrons. The van der Waals surface area contributed by atoms with E-state index >= 15 is 0 Å². The maximum absolute atomic E-state index is 13.3. The molecule has 1 unspecified atom stereocenters. The third-order valence-electron chi connectivity index (χ3n) is 4.91. The minimum Gasteiger partial charge on any atom is -0.361 e. The van der Waals surface area contributed by atoms with Gasteiger partial charge in [0, 0.05) is 24.7 Å². The second kappa shape index (κ2) is 6.93. The van der Waals surface area contributed by atoms with Crippen LogP contribution >= 0.6 is 0 Å². The molecule has 2 saturated heterocycles. The summed E-state index contributed by atoms with van der Waals surface area (Å²) in [6.45, 7) is 5.85. The van der Waals surface area contributed by atoms with Crippen LogP contribution in [0.1, 0.15) is 33.1 Å². The Kier molecular flexibility index (Phi) is 4.90. The molecule has 2 aliphatic rings. The van der Waals surface area contributed by atoms with Gasteiger partial charge in [0.1, 0.15) is 0 Å². The highest BCUT2D eigenvalue weighted by molar-refractivity contribution is 6.00. The molecule has 0 N–H and O–H groups in total. The molecule has 2 aliphatic heterocycles. The van der Waals surface area contributed by atoms with Crippen molar-refractivity contribution in [1.29, 1.82) is 0 Å². The first-order valence-corrected chi connectivity index (χ1v) is 8.83. The minimum atomic E-state index is -0.894. The Hall–Kier alpha value is -1.88. The number of hydrogen-bond donors (Lipinski definition) is 0. The van der Waals surface area contributed by atoms with Crippen molar-refractivity contribution >= 4 is 17.5 Å². The van der Waals surface area contributed by atoms with Crippen LogP contribution in [-0.4, -0.2) is 48.6 Å². The third kappa shape index (κ3) is 3.18. The molecule has 2 fully saturated rings. The van der Waals surface area contributed by atoms with Crippen molar-refractivity contribution in [2.45, 2.75) is 38.7 Å². The van der Waals surface area contributed by atoms with Crippen LogP contribution in [0.2, 0.25) is 0 Å². The van der Waals surface area contributed by atoms with Gasteiger partial charge in [-0.1, -0.05) is 32.0 Å². The number of ether oxygens (including phenoxy) is 1. The lowest BCUT2D eigenvalue weighted by molar-refractivity contribution is -0.166. The molecule has 3 rings (SSSR count). The Balaban J connectivity index is 1.87. The summed E-state index contributed by atoms with van der Waals surface area (Å²) in [5.74, 6) is 0.0275. The third-order valence-corrected chi connectivity index (χ3v) is 4.91. The monoisotopic (exact) mass is 330 g/mol. The van der Waals surface area contributed by atoms with E-state index in [2.05, 4.69) is 0 Å². The summed E-state index contributed by atoms with van der Waals surface area (Å²) < 4.78 is 6.03. The maximum Gasteiger partial charge on any atom is 0.261 e. The van der Waals surface area contributed by atoms with Gasteiger partial charge in [-0.25, -0.2) is 0 Å². The average Bonchev–Trinajstić information content (AvgIpc) is 2.75. The van der Waals surface area contributed by atoms with Gasteiger partial charge in [-0.05, 0) is 31.4 Å². The molecule has 2 amide bonds.